The van der Waals surface area contributed by atoms with Crippen LogP contribution in [0.4, 0.5) is 4.79 Å². The number of nitrogens with zero attached hydrogens (tertiary/aromatic N) is 2. The molecule has 0 aromatic heterocycles. The summed E-state index contributed by atoms with van der Waals surface area (Å²) in [6, 6.07) is 14.3. The van der Waals surface area contributed by atoms with Crippen molar-refractivity contribution < 1.29 is 19.1 Å². The average Bonchev–Trinajstić information content (AvgIpc) is 3.23. The minimum Gasteiger partial charge on any atom is -0.444 e. The van der Waals surface area contributed by atoms with Crippen molar-refractivity contribution in [3.05, 3.63) is 59.2 Å². The third kappa shape index (κ3) is 5.99. The highest BCUT2D eigenvalue weighted by Crippen LogP contribution is 2.30. The molecule has 4 rings (SSSR count). The van der Waals surface area contributed by atoms with Crippen LogP contribution in [-0.2, 0) is 22.5 Å². The number of piperidine rings is 1. The zero-order valence-corrected chi connectivity index (χ0v) is 22.7. The predicted octanol–water partition coefficient (Wildman–Crippen LogP) is 4.57. The van der Waals surface area contributed by atoms with Gasteiger partial charge in [0.2, 0.25) is 5.91 Å². The van der Waals surface area contributed by atoms with E-state index in [-0.39, 0.29) is 23.8 Å². The van der Waals surface area contributed by atoms with E-state index in [0.717, 1.165) is 35.1 Å². The number of rotatable bonds is 5. The highest BCUT2D eigenvalue weighted by Gasteiger charge is 2.43. The number of fused-ring (bicyclic) bond motifs is 1. The molecular formula is C30H36N4O4. The van der Waals surface area contributed by atoms with Crippen LogP contribution in [0.2, 0.25) is 0 Å². The molecule has 2 aromatic rings. The fourth-order valence-electron chi connectivity index (χ4n) is 5.21. The third-order valence-electron chi connectivity index (χ3n) is 7.21. The van der Waals surface area contributed by atoms with Gasteiger partial charge < -0.3 is 15.4 Å². The maximum absolute atomic E-state index is 13.4. The summed E-state index contributed by atoms with van der Waals surface area (Å²) in [6.07, 6.45) is 1.43. The van der Waals surface area contributed by atoms with Crippen LogP contribution in [0.15, 0.2) is 42.5 Å². The topological polar surface area (TPSA) is 112 Å². The molecular weight excluding hydrogens is 480 g/mol. The van der Waals surface area contributed by atoms with E-state index >= 15 is 0 Å². The SMILES string of the molecule is C[C@@H]1CC[C@H](C)N(C(=O)OC(C)(C)C)[C@@H]1C(=O)N[C@H](C#N)Cc1ccc(-c2ccc3c(c2)CNC3=O)cc1. The quantitative estimate of drug-likeness (QED) is 0.605. The average molecular weight is 517 g/mol. The smallest absolute Gasteiger partial charge is 0.411 e. The molecule has 1 saturated heterocycles. The van der Waals surface area contributed by atoms with E-state index in [4.69, 9.17) is 4.74 Å². The van der Waals surface area contributed by atoms with Crippen molar-refractivity contribution in [2.45, 2.75) is 84.2 Å². The van der Waals surface area contributed by atoms with Crippen LogP contribution in [0, 0.1) is 17.2 Å². The summed E-state index contributed by atoms with van der Waals surface area (Å²) < 4.78 is 5.60. The Labute approximate surface area is 224 Å². The first-order chi connectivity index (χ1) is 18.0. The second-order valence-electron chi connectivity index (χ2n) is 11.4. The van der Waals surface area contributed by atoms with Crippen LogP contribution < -0.4 is 10.6 Å². The standard InChI is InChI=1S/C30H36N4O4/c1-18-6-7-19(2)34(29(37)38-30(3,4)5)26(18)28(36)33-24(16-31)14-20-8-10-21(11-9-20)22-12-13-25-23(15-22)17-32-27(25)35/h8-13,15,18-19,24,26H,6-7,14,17H2,1-5H3,(H,32,35)(H,33,36)/t18-,19+,24+,26+/m1/s1. The summed E-state index contributed by atoms with van der Waals surface area (Å²) in [4.78, 5) is 39.8. The lowest BCUT2D eigenvalue weighted by Gasteiger charge is -2.43. The lowest BCUT2D eigenvalue weighted by molar-refractivity contribution is -0.131. The van der Waals surface area contributed by atoms with Crippen LogP contribution >= 0.6 is 0 Å². The van der Waals surface area contributed by atoms with E-state index in [0.29, 0.717) is 18.5 Å². The number of hydrogen-bond acceptors (Lipinski definition) is 5. The van der Waals surface area contributed by atoms with E-state index in [2.05, 4.69) is 16.7 Å². The molecule has 200 valence electrons. The monoisotopic (exact) mass is 516 g/mol. The maximum Gasteiger partial charge on any atom is 0.411 e. The zero-order valence-electron chi connectivity index (χ0n) is 22.7. The Balaban J connectivity index is 1.44. The molecule has 2 heterocycles. The van der Waals surface area contributed by atoms with E-state index in [1.807, 2.05) is 56.3 Å². The van der Waals surface area contributed by atoms with Crippen molar-refractivity contribution in [1.82, 2.24) is 15.5 Å². The van der Waals surface area contributed by atoms with Gasteiger partial charge in [0.15, 0.2) is 0 Å². The van der Waals surface area contributed by atoms with E-state index < -0.39 is 23.8 Å². The highest BCUT2D eigenvalue weighted by molar-refractivity contribution is 5.98. The number of nitriles is 1. The number of ether oxygens (including phenoxy) is 1. The highest BCUT2D eigenvalue weighted by atomic mass is 16.6. The van der Waals surface area contributed by atoms with Gasteiger partial charge in [-0.3, -0.25) is 14.5 Å². The van der Waals surface area contributed by atoms with Gasteiger partial charge in [-0.25, -0.2) is 4.79 Å². The number of carbonyl (C=O) groups excluding carboxylic acids is 3. The number of nitrogens with one attached hydrogen (secondary N) is 2. The third-order valence-corrected chi connectivity index (χ3v) is 7.21. The summed E-state index contributed by atoms with van der Waals surface area (Å²) >= 11 is 0. The molecule has 8 heteroatoms. The second kappa shape index (κ2) is 10.9. The molecule has 0 radical (unpaired) electrons. The van der Waals surface area contributed by atoms with Gasteiger partial charge in [0.25, 0.3) is 5.91 Å². The molecule has 3 amide bonds. The molecule has 0 bridgehead atoms. The number of hydrogen-bond donors (Lipinski definition) is 2. The zero-order chi connectivity index (χ0) is 27.6. The van der Waals surface area contributed by atoms with Crippen molar-refractivity contribution >= 4 is 17.9 Å². The lowest BCUT2D eigenvalue weighted by atomic mass is 9.86. The number of carbonyl (C=O) groups is 3. The van der Waals surface area contributed by atoms with E-state index in [1.54, 1.807) is 20.8 Å². The summed E-state index contributed by atoms with van der Waals surface area (Å²) in [6.45, 7) is 9.83. The van der Waals surface area contributed by atoms with Gasteiger partial charge in [-0.1, -0.05) is 37.3 Å². The van der Waals surface area contributed by atoms with Gasteiger partial charge in [-0.15, -0.1) is 0 Å². The Morgan fingerprint density at radius 1 is 1.13 bits per heavy atom. The minimum absolute atomic E-state index is 0.0437. The van der Waals surface area contributed by atoms with Gasteiger partial charge in [0, 0.05) is 24.6 Å². The van der Waals surface area contributed by atoms with Gasteiger partial charge >= 0.3 is 6.09 Å². The van der Waals surface area contributed by atoms with Crippen LogP contribution in [0.25, 0.3) is 11.1 Å². The first-order valence-electron chi connectivity index (χ1n) is 13.2. The van der Waals surface area contributed by atoms with Crippen molar-refractivity contribution in [1.29, 1.82) is 5.26 Å². The van der Waals surface area contributed by atoms with E-state index in [9.17, 15) is 19.6 Å². The van der Waals surface area contributed by atoms with Gasteiger partial charge in [0.1, 0.15) is 17.7 Å². The first-order valence-corrected chi connectivity index (χ1v) is 13.2. The Bertz CT molecular complexity index is 1260. The molecule has 2 N–H and O–H groups in total. The Morgan fingerprint density at radius 2 is 1.82 bits per heavy atom. The molecule has 0 aliphatic carbocycles. The normalized spacial score (nSPS) is 21.6. The molecule has 38 heavy (non-hydrogen) atoms. The predicted molar refractivity (Wildman–Crippen MR) is 144 cm³/mol. The summed E-state index contributed by atoms with van der Waals surface area (Å²) in [7, 11) is 0. The largest absolute Gasteiger partial charge is 0.444 e. The van der Waals surface area contributed by atoms with Crippen molar-refractivity contribution in [3.8, 4) is 17.2 Å². The second-order valence-corrected chi connectivity index (χ2v) is 11.4. The lowest BCUT2D eigenvalue weighted by Crippen LogP contribution is -2.60. The van der Waals surface area contributed by atoms with Crippen molar-refractivity contribution in [2.75, 3.05) is 0 Å². The van der Waals surface area contributed by atoms with Crippen LogP contribution in [0.1, 0.15) is 68.9 Å². The molecule has 2 aliphatic heterocycles. The van der Waals surface area contributed by atoms with Gasteiger partial charge in [0.05, 0.1) is 6.07 Å². The summed E-state index contributed by atoms with van der Waals surface area (Å²) in [5, 5.41) is 15.5. The van der Waals surface area contributed by atoms with E-state index in [1.165, 1.54) is 4.90 Å². The molecule has 0 unspecified atom stereocenters. The molecule has 0 saturated carbocycles. The molecule has 4 atom stereocenters. The van der Waals surface area contributed by atoms with Gasteiger partial charge in [-0.2, -0.15) is 5.26 Å². The number of amides is 3. The van der Waals surface area contributed by atoms with Crippen LogP contribution in [0.5, 0.6) is 0 Å². The Hall–Kier alpha value is -3.86. The first kappa shape index (κ1) is 27.2. The van der Waals surface area contributed by atoms with Crippen molar-refractivity contribution in [3.63, 3.8) is 0 Å². The number of benzene rings is 2. The molecule has 8 nitrogen and oxygen atoms in total. The minimum atomic E-state index is -0.740. The maximum atomic E-state index is 13.4. The molecule has 2 aliphatic rings. The van der Waals surface area contributed by atoms with Crippen molar-refractivity contribution in [2.24, 2.45) is 5.92 Å². The number of likely N-dealkylation sites (tertiary alicyclic amines) is 1. The molecule has 2 aromatic carbocycles. The fourth-order valence-corrected chi connectivity index (χ4v) is 5.21. The Morgan fingerprint density at radius 3 is 2.47 bits per heavy atom. The summed E-state index contributed by atoms with van der Waals surface area (Å²) in [5.74, 6) is -0.438. The molecule has 0 spiro atoms. The molecule has 1 fully saturated rings. The fraction of sp³-hybridized carbons (Fsp3) is 0.467. The Kier molecular flexibility index (Phi) is 7.77. The van der Waals surface area contributed by atoms with Crippen LogP contribution in [0.3, 0.4) is 0 Å². The van der Waals surface area contributed by atoms with Gasteiger partial charge in [-0.05, 0) is 80.8 Å². The summed E-state index contributed by atoms with van der Waals surface area (Å²) in [5.41, 5.74) is 3.95. The van der Waals surface area contributed by atoms with Crippen LogP contribution in [-0.4, -0.2) is 46.5 Å².